The van der Waals surface area contributed by atoms with Crippen molar-refractivity contribution in [3.05, 3.63) is 89.3 Å². The van der Waals surface area contributed by atoms with Gasteiger partial charge in [0.25, 0.3) is 5.89 Å². The van der Waals surface area contributed by atoms with E-state index in [2.05, 4.69) is 15.5 Å². The van der Waals surface area contributed by atoms with Crippen LogP contribution < -0.4 is 15.0 Å². The summed E-state index contributed by atoms with van der Waals surface area (Å²) in [4.78, 5) is 27.1. The maximum Gasteiger partial charge on any atom is 0.254 e. The molecule has 2 amide bonds. The molecule has 1 N–H and O–H groups in total. The zero-order chi connectivity index (χ0) is 25.9. The van der Waals surface area contributed by atoms with Gasteiger partial charge < -0.3 is 19.4 Å². The number of aromatic nitrogens is 2. The van der Waals surface area contributed by atoms with Gasteiger partial charge in [0, 0.05) is 29.9 Å². The number of rotatable bonds is 7. The molecule has 1 aliphatic heterocycles. The predicted molar refractivity (Wildman–Crippen MR) is 140 cm³/mol. The van der Waals surface area contributed by atoms with E-state index in [1.54, 1.807) is 29.2 Å². The molecule has 0 bridgehead atoms. The Morgan fingerprint density at radius 2 is 1.78 bits per heavy atom. The Morgan fingerprint density at radius 1 is 1.00 bits per heavy atom. The molecule has 1 unspecified atom stereocenters. The van der Waals surface area contributed by atoms with E-state index in [-0.39, 0.29) is 24.8 Å². The minimum absolute atomic E-state index is 0.0428. The average molecular weight is 497 g/mol. The fraction of sp³-hybridized carbons (Fsp3) is 0.241. The number of hydrogen-bond acceptors (Lipinski definition) is 6. The second-order valence-corrected chi connectivity index (χ2v) is 9.29. The summed E-state index contributed by atoms with van der Waals surface area (Å²) in [7, 11) is 0. The lowest BCUT2D eigenvalue weighted by Gasteiger charge is -2.18. The van der Waals surface area contributed by atoms with E-state index in [4.69, 9.17) is 9.15 Å². The van der Waals surface area contributed by atoms with Gasteiger partial charge >= 0.3 is 0 Å². The summed E-state index contributed by atoms with van der Waals surface area (Å²) in [5.74, 6) is 0.795. The van der Waals surface area contributed by atoms with Crippen molar-refractivity contribution in [2.75, 3.05) is 16.8 Å². The highest BCUT2D eigenvalue weighted by molar-refractivity contribution is 6.03. The number of anilines is 2. The van der Waals surface area contributed by atoms with Crippen LogP contribution in [0.4, 0.5) is 11.4 Å². The van der Waals surface area contributed by atoms with E-state index >= 15 is 0 Å². The Morgan fingerprint density at radius 3 is 2.54 bits per heavy atom. The predicted octanol–water partition coefficient (Wildman–Crippen LogP) is 5.23. The molecule has 1 aliphatic rings. The number of nitrogens with zero attached hydrogens (tertiary/aromatic N) is 3. The highest BCUT2D eigenvalue weighted by atomic mass is 16.5. The van der Waals surface area contributed by atoms with Crippen LogP contribution in [0, 0.1) is 26.7 Å². The number of amides is 2. The number of carbonyl (C=O) groups excluding carboxylic acids is 2. The van der Waals surface area contributed by atoms with Gasteiger partial charge in [-0.2, -0.15) is 0 Å². The fourth-order valence-electron chi connectivity index (χ4n) is 4.28. The molecule has 8 nitrogen and oxygen atoms in total. The smallest absolute Gasteiger partial charge is 0.254 e. The first kappa shape index (κ1) is 24.2. The third-order valence-electron chi connectivity index (χ3n) is 6.62. The first-order valence-electron chi connectivity index (χ1n) is 12.2. The summed E-state index contributed by atoms with van der Waals surface area (Å²) >= 11 is 0. The maximum atomic E-state index is 12.8. The Balaban J connectivity index is 1.15. The van der Waals surface area contributed by atoms with Gasteiger partial charge in [0.2, 0.25) is 17.7 Å². The third-order valence-corrected chi connectivity index (χ3v) is 6.62. The normalized spacial score (nSPS) is 15.2. The molecule has 0 radical (unpaired) electrons. The van der Waals surface area contributed by atoms with Crippen molar-refractivity contribution in [1.82, 2.24) is 10.2 Å². The second kappa shape index (κ2) is 10.3. The third kappa shape index (κ3) is 5.38. The summed E-state index contributed by atoms with van der Waals surface area (Å²) in [6, 6.07) is 20.8. The standard InChI is InChI=1S/C29H28N4O4/c1-18-8-11-23(14-20(18)3)33-16-21(15-27(33)34)28(35)30-22-9-12-24(13-10-22)36-17-26-31-32-29(37-26)25-7-5-4-6-19(25)2/h4-14,21H,15-17H2,1-3H3,(H,30,35). The molecule has 8 heteroatoms. The molecular weight excluding hydrogens is 468 g/mol. The van der Waals surface area contributed by atoms with Crippen LogP contribution in [0.15, 0.2) is 71.1 Å². The van der Waals surface area contributed by atoms with Gasteiger partial charge in [-0.1, -0.05) is 24.3 Å². The molecule has 2 heterocycles. The first-order valence-corrected chi connectivity index (χ1v) is 12.2. The first-order chi connectivity index (χ1) is 17.9. The van der Waals surface area contributed by atoms with E-state index < -0.39 is 5.92 Å². The lowest BCUT2D eigenvalue weighted by atomic mass is 10.1. The second-order valence-electron chi connectivity index (χ2n) is 9.29. The van der Waals surface area contributed by atoms with Crippen LogP contribution >= 0.6 is 0 Å². The van der Waals surface area contributed by atoms with Crippen LogP contribution in [0.5, 0.6) is 5.75 Å². The highest BCUT2D eigenvalue weighted by Crippen LogP contribution is 2.28. The summed E-state index contributed by atoms with van der Waals surface area (Å²) < 4.78 is 11.5. The van der Waals surface area contributed by atoms with Gasteiger partial charge in [0.15, 0.2) is 6.61 Å². The van der Waals surface area contributed by atoms with Crippen LogP contribution in [0.2, 0.25) is 0 Å². The van der Waals surface area contributed by atoms with Crippen molar-refractivity contribution in [1.29, 1.82) is 0 Å². The van der Waals surface area contributed by atoms with Gasteiger partial charge in [-0.15, -0.1) is 10.2 Å². The average Bonchev–Trinajstić information content (AvgIpc) is 3.52. The summed E-state index contributed by atoms with van der Waals surface area (Å²) in [6.45, 7) is 6.53. The molecular formula is C29H28N4O4. The lowest BCUT2D eigenvalue weighted by Crippen LogP contribution is -2.28. The zero-order valence-electron chi connectivity index (χ0n) is 21.0. The molecule has 1 aromatic heterocycles. The van der Waals surface area contributed by atoms with E-state index in [0.29, 0.717) is 29.8 Å². The van der Waals surface area contributed by atoms with Crippen LogP contribution in [0.1, 0.15) is 29.0 Å². The fourth-order valence-corrected chi connectivity index (χ4v) is 4.28. The number of nitrogens with one attached hydrogen (secondary N) is 1. The Kier molecular flexibility index (Phi) is 6.72. The Labute approximate surface area is 215 Å². The van der Waals surface area contributed by atoms with Gasteiger partial charge in [0.1, 0.15) is 5.75 Å². The molecule has 0 aliphatic carbocycles. The van der Waals surface area contributed by atoms with Crippen molar-refractivity contribution in [2.24, 2.45) is 5.92 Å². The minimum atomic E-state index is -0.412. The Bertz CT molecular complexity index is 1440. The number of hydrogen-bond donors (Lipinski definition) is 1. The zero-order valence-corrected chi connectivity index (χ0v) is 21.0. The molecule has 1 fully saturated rings. The number of carbonyl (C=O) groups is 2. The van der Waals surface area contributed by atoms with Crippen molar-refractivity contribution in [3.8, 4) is 17.2 Å². The van der Waals surface area contributed by atoms with E-state index in [1.165, 1.54) is 5.56 Å². The van der Waals surface area contributed by atoms with E-state index in [1.807, 2.05) is 63.2 Å². The largest absolute Gasteiger partial charge is 0.484 e. The summed E-state index contributed by atoms with van der Waals surface area (Å²) in [5, 5.41) is 11.1. The maximum absolute atomic E-state index is 12.8. The number of benzene rings is 3. The molecule has 4 aromatic rings. The minimum Gasteiger partial charge on any atom is -0.484 e. The summed E-state index contributed by atoms with van der Waals surface area (Å²) in [6.07, 6.45) is 0.189. The molecule has 0 saturated carbocycles. The number of aryl methyl sites for hydroxylation is 3. The van der Waals surface area contributed by atoms with Crippen molar-refractivity contribution >= 4 is 23.2 Å². The summed E-state index contributed by atoms with van der Waals surface area (Å²) in [5.41, 5.74) is 5.69. The molecule has 1 atom stereocenters. The van der Waals surface area contributed by atoms with Crippen LogP contribution in [0.25, 0.3) is 11.5 Å². The molecule has 5 rings (SSSR count). The van der Waals surface area contributed by atoms with Gasteiger partial charge in [-0.3, -0.25) is 9.59 Å². The lowest BCUT2D eigenvalue weighted by molar-refractivity contribution is -0.122. The van der Waals surface area contributed by atoms with Crippen LogP contribution in [0.3, 0.4) is 0 Å². The topological polar surface area (TPSA) is 97.6 Å². The highest BCUT2D eigenvalue weighted by Gasteiger charge is 2.35. The Hall–Kier alpha value is -4.46. The quantitative estimate of drug-likeness (QED) is 0.376. The molecule has 1 saturated heterocycles. The van der Waals surface area contributed by atoms with Gasteiger partial charge in [-0.05, 0) is 79.9 Å². The molecule has 188 valence electrons. The van der Waals surface area contributed by atoms with Crippen LogP contribution in [-0.4, -0.2) is 28.6 Å². The molecule has 37 heavy (non-hydrogen) atoms. The van der Waals surface area contributed by atoms with E-state index in [0.717, 1.165) is 22.4 Å². The van der Waals surface area contributed by atoms with Gasteiger partial charge in [-0.25, -0.2) is 0 Å². The van der Waals surface area contributed by atoms with Crippen LogP contribution in [-0.2, 0) is 16.2 Å². The SMILES string of the molecule is Cc1ccc(N2CC(C(=O)Nc3ccc(OCc4nnc(-c5ccccc5C)o4)cc3)CC2=O)cc1C. The monoisotopic (exact) mass is 496 g/mol. The van der Waals surface area contributed by atoms with Crippen molar-refractivity contribution < 1.29 is 18.7 Å². The van der Waals surface area contributed by atoms with E-state index in [9.17, 15) is 9.59 Å². The van der Waals surface area contributed by atoms with Crippen molar-refractivity contribution in [2.45, 2.75) is 33.8 Å². The van der Waals surface area contributed by atoms with Crippen molar-refractivity contribution in [3.63, 3.8) is 0 Å². The van der Waals surface area contributed by atoms with Gasteiger partial charge in [0.05, 0.1) is 5.92 Å². The number of ether oxygens (including phenoxy) is 1. The molecule has 3 aromatic carbocycles. The molecule has 0 spiro atoms.